The van der Waals surface area contributed by atoms with E-state index in [1.807, 2.05) is 60.7 Å². The molecule has 0 unspecified atom stereocenters. The van der Waals surface area contributed by atoms with Crippen LogP contribution >= 0.6 is 11.3 Å². The van der Waals surface area contributed by atoms with Gasteiger partial charge in [-0.2, -0.15) is 0 Å². The van der Waals surface area contributed by atoms with Gasteiger partial charge in [0.1, 0.15) is 5.52 Å². The van der Waals surface area contributed by atoms with E-state index < -0.39 is 0 Å². The summed E-state index contributed by atoms with van der Waals surface area (Å²) in [6.45, 7) is 0. The molecule has 10 rings (SSSR count). The van der Waals surface area contributed by atoms with Crippen molar-refractivity contribution in [3.8, 4) is 45.6 Å². The minimum Gasteiger partial charge on any atom is -0.435 e. The van der Waals surface area contributed by atoms with Crippen LogP contribution in [0.4, 0.5) is 0 Å². The molecule has 0 bridgehead atoms. The first-order valence-corrected chi connectivity index (χ1v) is 16.6. The van der Waals surface area contributed by atoms with Crippen molar-refractivity contribution in [3.05, 3.63) is 146 Å². The predicted molar refractivity (Wildman–Crippen MR) is 197 cm³/mol. The Kier molecular flexibility index (Phi) is 5.98. The van der Waals surface area contributed by atoms with E-state index in [9.17, 15) is 0 Å². The van der Waals surface area contributed by atoms with Crippen molar-refractivity contribution in [2.75, 3.05) is 0 Å². The van der Waals surface area contributed by atoms with Gasteiger partial charge in [0.15, 0.2) is 23.1 Å². The summed E-state index contributed by atoms with van der Waals surface area (Å²) < 4.78 is 8.82. The van der Waals surface area contributed by atoms with Gasteiger partial charge in [-0.05, 0) is 34.4 Å². The number of rotatable bonds is 4. The van der Waals surface area contributed by atoms with Gasteiger partial charge < -0.3 is 4.42 Å². The Hall–Kier alpha value is -6.24. The van der Waals surface area contributed by atoms with Crippen molar-refractivity contribution in [2.24, 2.45) is 0 Å². The van der Waals surface area contributed by atoms with Crippen LogP contribution in [0.2, 0.25) is 0 Å². The molecule has 0 fully saturated rings. The van der Waals surface area contributed by atoms with Gasteiger partial charge in [0.05, 0.1) is 4.70 Å². The summed E-state index contributed by atoms with van der Waals surface area (Å²) >= 11 is 1.75. The van der Waals surface area contributed by atoms with E-state index in [4.69, 9.17) is 24.4 Å². The maximum Gasteiger partial charge on any atom is 0.227 e. The second-order valence-electron chi connectivity index (χ2n) is 11.9. The fraction of sp³-hybridized carbons (Fsp3) is 0. The zero-order valence-corrected chi connectivity index (χ0v) is 26.3. The highest BCUT2D eigenvalue weighted by molar-refractivity contribution is 7.27. The molecule has 0 saturated carbocycles. The quantitative estimate of drug-likeness (QED) is 0.193. The lowest BCUT2D eigenvalue weighted by Crippen LogP contribution is -2.00. The van der Waals surface area contributed by atoms with Crippen LogP contribution < -0.4 is 0 Å². The molecule has 224 valence electrons. The summed E-state index contributed by atoms with van der Waals surface area (Å²) in [5.41, 5.74) is 5.51. The zero-order valence-electron chi connectivity index (χ0n) is 25.5. The molecule has 0 amide bonds. The van der Waals surface area contributed by atoms with Gasteiger partial charge in [0.2, 0.25) is 5.89 Å². The number of oxazole rings is 1. The van der Waals surface area contributed by atoms with E-state index in [0.29, 0.717) is 23.4 Å². The molecule has 0 aliphatic carbocycles. The predicted octanol–water partition coefficient (Wildman–Crippen LogP) is 11.4. The van der Waals surface area contributed by atoms with Crippen LogP contribution in [-0.2, 0) is 0 Å². The second-order valence-corrected chi connectivity index (χ2v) is 12.9. The fourth-order valence-electron chi connectivity index (χ4n) is 6.61. The van der Waals surface area contributed by atoms with Crippen LogP contribution in [0.3, 0.4) is 0 Å². The normalized spacial score (nSPS) is 11.8. The van der Waals surface area contributed by atoms with Gasteiger partial charge in [-0.15, -0.1) is 11.3 Å². The molecule has 0 radical (unpaired) electrons. The lowest BCUT2D eigenvalue weighted by atomic mass is 10.0. The number of thiophene rings is 1. The van der Waals surface area contributed by atoms with Gasteiger partial charge in [-0.1, -0.05) is 127 Å². The van der Waals surface area contributed by atoms with Gasteiger partial charge >= 0.3 is 0 Å². The van der Waals surface area contributed by atoms with Crippen molar-refractivity contribution < 1.29 is 4.42 Å². The summed E-state index contributed by atoms with van der Waals surface area (Å²) in [7, 11) is 0. The minimum atomic E-state index is 0.631. The molecule has 0 saturated heterocycles. The number of aromatic nitrogens is 4. The Morgan fingerprint density at radius 3 is 1.81 bits per heavy atom. The number of benzene rings is 7. The molecule has 5 nitrogen and oxygen atoms in total. The average molecular weight is 633 g/mol. The standard InChI is InChI=1S/C42H24N4OS/c1-3-11-26(12-4-1)39-44-40(27-13-5-2-6-14-27)46-41(45-39)34-17-9-16-31-30(34)20-21-32-33-22-23-35-36(38(33)48-37(31)32)47-42(43-35)29-19-18-25-10-7-8-15-28(25)24-29/h1-24H. The Morgan fingerprint density at radius 1 is 0.417 bits per heavy atom. The van der Waals surface area contributed by atoms with E-state index in [0.717, 1.165) is 59.6 Å². The molecule has 7 aromatic carbocycles. The smallest absolute Gasteiger partial charge is 0.227 e. The average Bonchev–Trinajstić information content (AvgIpc) is 3.77. The molecular weight excluding hydrogens is 609 g/mol. The monoisotopic (exact) mass is 632 g/mol. The summed E-state index contributed by atoms with van der Waals surface area (Å²) in [5, 5.41) is 6.95. The zero-order chi connectivity index (χ0) is 31.6. The number of hydrogen-bond donors (Lipinski definition) is 0. The van der Waals surface area contributed by atoms with Crippen molar-refractivity contribution in [2.45, 2.75) is 0 Å². The lowest BCUT2D eigenvalue weighted by Gasteiger charge is -2.10. The first-order valence-electron chi connectivity index (χ1n) is 15.8. The van der Waals surface area contributed by atoms with Gasteiger partial charge in [-0.25, -0.2) is 19.9 Å². The first-order chi connectivity index (χ1) is 23.8. The Bertz CT molecular complexity index is 2780. The third-order valence-electron chi connectivity index (χ3n) is 8.96. The van der Waals surface area contributed by atoms with Crippen molar-refractivity contribution in [1.29, 1.82) is 0 Å². The van der Waals surface area contributed by atoms with Crippen LogP contribution in [0, 0.1) is 0 Å². The molecule has 48 heavy (non-hydrogen) atoms. The summed E-state index contributed by atoms with van der Waals surface area (Å²) in [4.78, 5) is 19.8. The van der Waals surface area contributed by atoms with E-state index in [2.05, 4.69) is 84.9 Å². The van der Waals surface area contributed by atoms with Crippen LogP contribution in [0.25, 0.3) is 98.4 Å². The maximum absolute atomic E-state index is 6.53. The van der Waals surface area contributed by atoms with E-state index >= 15 is 0 Å². The number of hydrogen-bond acceptors (Lipinski definition) is 6. The summed E-state index contributed by atoms with van der Waals surface area (Å²) in [5.74, 6) is 2.57. The van der Waals surface area contributed by atoms with Gasteiger partial charge in [-0.3, -0.25) is 0 Å². The topological polar surface area (TPSA) is 64.7 Å². The summed E-state index contributed by atoms with van der Waals surface area (Å²) in [6, 6.07) is 49.9. The van der Waals surface area contributed by atoms with Crippen molar-refractivity contribution >= 4 is 64.2 Å². The van der Waals surface area contributed by atoms with Crippen LogP contribution in [0.1, 0.15) is 0 Å². The molecular formula is C42H24N4OS. The molecule has 0 aliphatic heterocycles. The van der Waals surface area contributed by atoms with E-state index in [1.165, 1.54) is 15.5 Å². The molecule has 3 heterocycles. The van der Waals surface area contributed by atoms with Crippen molar-refractivity contribution in [3.63, 3.8) is 0 Å². The highest BCUT2D eigenvalue weighted by Gasteiger charge is 2.19. The largest absolute Gasteiger partial charge is 0.435 e. The third kappa shape index (κ3) is 4.31. The minimum absolute atomic E-state index is 0.631. The fourth-order valence-corrected chi connectivity index (χ4v) is 7.91. The highest BCUT2D eigenvalue weighted by Crippen LogP contribution is 2.44. The molecule has 0 spiro atoms. The Balaban J connectivity index is 1.16. The van der Waals surface area contributed by atoms with Crippen LogP contribution in [-0.4, -0.2) is 19.9 Å². The molecule has 0 atom stereocenters. The maximum atomic E-state index is 6.53. The van der Waals surface area contributed by atoms with Crippen LogP contribution in [0.15, 0.2) is 150 Å². The van der Waals surface area contributed by atoms with Gasteiger partial charge in [0, 0.05) is 43.1 Å². The highest BCUT2D eigenvalue weighted by atomic mass is 32.1. The SMILES string of the molecule is c1ccc(-c2nc(-c3ccccc3)nc(-c3cccc4c3ccc3c5ccc6nc(-c7ccc8ccccc8c7)oc6c5sc43)n2)cc1. The molecule has 10 aromatic rings. The van der Waals surface area contributed by atoms with E-state index in [-0.39, 0.29) is 0 Å². The molecule has 0 aliphatic rings. The summed E-state index contributed by atoms with van der Waals surface area (Å²) in [6.07, 6.45) is 0. The van der Waals surface area contributed by atoms with E-state index in [1.54, 1.807) is 11.3 Å². The molecule has 0 N–H and O–H groups in total. The molecule has 3 aromatic heterocycles. The first kappa shape index (κ1) is 26.9. The van der Waals surface area contributed by atoms with Crippen LogP contribution in [0.5, 0.6) is 0 Å². The lowest BCUT2D eigenvalue weighted by molar-refractivity contribution is 0.623. The number of fused-ring (bicyclic) bond motifs is 8. The number of nitrogens with zero attached hydrogens (tertiary/aromatic N) is 4. The third-order valence-corrected chi connectivity index (χ3v) is 10.2. The van der Waals surface area contributed by atoms with Gasteiger partial charge in [0.25, 0.3) is 0 Å². The van der Waals surface area contributed by atoms with Crippen molar-refractivity contribution in [1.82, 2.24) is 19.9 Å². The molecule has 6 heteroatoms. The second kappa shape index (κ2) is 10.7. The Morgan fingerprint density at radius 2 is 1.04 bits per heavy atom. The Labute approximate surface area is 278 Å².